The summed E-state index contributed by atoms with van der Waals surface area (Å²) in [5.74, 6) is 0. The lowest BCUT2D eigenvalue weighted by Crippen LogP contribution is -2.16. The van der Waals surface area contributed by atoms with E-state index in [1.54, 1.807) is 0 Å². The minimum Gasteiger partial charge on any atom is -0.264 e. The van der Waals surface area contributed by atoms with Crippen molar-refractivity contribution in [2.24, 2.45) is 0 Å². The van der Waals surface area contributed by atoms with Crippen LogP contribution in [0.2, 0.25) is 0 Å². The van der Waals surface area contributed by atoms with E-state index in [1.807, 2.05) is 0 Å². The van der Waals surface area contributed by atoms with Gasteiger partial charge in [0.05, 0.1) is 10.5 Å². The molecule has 0 bridgehead atoms. The Balaban J connectivity index is 3.54. The van der Waals surface area contributed by atoms with Crippen molar-refractivity contribution in [3.63, 3.8) is 0 Å². The summed E-state index contributed by atoms with van der Waals surface area (Å²) in [7, 11) is -4.10. The van der Waals surface area contributed by atoms with Crippen molar-refractivity contribution in [3.05, 3.63) is 35.7 Å². The molecule has 0 radical (unpaired) electrons. The standard InChI is InChI=1S/C9H8F3NO4S/c1-2-18(16,17)8-4-3-6(9(10,11)12)5-7(8)13(14)15/h2-5,14-15H,1H2. The monoisotopic (exact) mass is 283 g/mol. The second kappa shape index (κ2) is 4.59. The molecular weight excluding hydrogens is 275 g/mol. The van der Waals surface area contributed by atoms with Gasteiger partial charge in [-0.1, -0.05) is 6.58 Å². The molecule has 5 nitrogen and oxygen atoms in total. The molecule has 0 heterocycles. The zero-order valence-corrected chi connectivity index (χ0v) is 9.53. The van der Waals surface area contributed by atoms with E-state index >= 15 is 0 Å². The maximum Gasteiger partial charge on any atom is 0.416 e. The quantitative estimate of drug-likeness (QED) is 0.831. The Morgan fingerprint density at radius 3 is 2.22 bits per heavy atom. The van der Waals surface area contributed by atoms with Crippen LogP contribution >= 0.6 is 0 Å². The summed E-state index contributed by atoms with van der Waals surface area (Å²) in [5.41, 5.74) is -2.13. The van der Waals surface area contributed by atoms with Gasteiger partial charge in [0.2, 0.25) is 9.84 Å². The lowest BCUT2D eigenvalue weighted by atomic mass is 10.2. The topological polar surface area (TPSA) is 77.8 Å². The Kier molecular flexibility index (Phi) is 3.70. The van der Waals surface area contributed by atoms with E-state index in [2.05, 4.69) is 6.58 Å². The van der Waals surface area contributed by atoms with E-state index in [-0.39, 0.29) is 0 Å². The van der Waals surface area contributed by atoms with Crippen LogP contribution < -0.4 is 5.23 Å². The van der Waals surface area contributed by atoms with Crippen molar-refractivity contribution >= 4 is 15.5 Å². The summed E-state index contributed by atoms with van der Waals surface area (Å²) < 4.78 is 60.0. The first-order valence-corrected chi connectivity index (χ1v) is 5.91. The number of benzene rings is 1. The second-order valence-corrected chi connectivity index (χ2v) is 5.04. The van der Waals surface area contributed by atoms with E-state index in [4.69, 9.17) is 10.4 Å². The summed E-state index contributed by atoms with van der Waals surface area (Å²) in [6, 6.07) is 1.44. The first-order chi connectivity index (χ1) is 8.09. The first kappa shape index (κ1) is 14.5. The van der Waals surface area contributed by atoms with E-state index in [9.17, 15) is 21.6 Å². The molecule has 0 amide bonds. The zero-order chi connectivity index (χ0) is 14.1. The lowest BCUT2D eigenvalue weighted by molar-refractivity contribution is -0.137. The van der Waals surface area contributed by atoms with Crippen molar-refractivity contribution in [2.45, 2.75) is 11.1 Å². The Labute approximate surface area is 100 Å². The second-order valence-electron chi connectivity index (χ2n) is 3.18. The zero-order valence-electron chi connectivity index (χ0n) is 8.72. The molecule has 1 rings (SSSR count). The van der Waals surface area contributed by atoms with Gasteiger partial charge in [0, 0.05) is 5.41 Å². The fraction of sp³-hybridized carbons (Fsp3) is 0.111. The van der Waals surface area contributed by atoms with Crippen LogP contribution in [0.5, 0.6) is 0 Å². The molecule has 0 aliphatic rings. The molecule has 0 saturated carbocycles. The smallest absolute Gasteiger partial charge is 0.264 e. The molecule has 1 aromatic carbocycles. The number of alkyl halides is 3. The van der Waals surface area contributed by atoms with Crippen LogP contribution in [-0.4, -0.2) is 18.8 Å². The third-order valence-electron chi connectivity index (χ3n) is 2.03. The fourth-order valence-electron chi connectivity index (χ4n) is 1.18. The van der Waals surface area contributed by atoms with Gasteiger partial charge in [-0.05, 0) is 18.2 Å². The average molecular weight is 283 g/mol. The maximum atomic E-state index is 12.4. The number of hydrogen-bond donors (Lipinski definition) is 2. The molecule has 1 aromatic rings. The van der Waals surface area contributed by atoms with E-state index < -0.39 is 37.4 Å². The van der Waals surface area contributed by atoms with Gasteiger partial charge >= 0.3 is 6.18 Å². The fourth-order valence-corrected chi connectivity index (χ4v) is 2.05. The highest BCUT2D eigenvalue weighted by Gasteiger charge is 2.32. The molecule has 0 spiro atoms. The van der Waals surface area contributed by atoms with Gasteiger partial charge in [-0.3, -0.25) is 10.4 Å². The number of halogens is 3. The molecule has 0 atom stereocenters. The van der Waals surface area contributed by atoms with Crippen molar-refractivity contribution in [1.82, 2.24) is 0 Å². The van der Waals surface area contributed by atoms with E-state index in [1.165, 1.54) is 0 Å². The number of rotatable bonds is 3. The van der Waals surface area contributed by atoms with Crippen LogP contribution in [0, 0.1) is 0 Å². The summed E-state index contributed by atoms with van der Waals surface area (Å²) >= 11 is 0. The van der Waals surface area contributed by atoms with Crippen molar-refractivity contribution < 1.29 is 32.0 Å². The predicted octanol–water partition coefficient (Wildman–Crippen LogP) is 2.21. The lowest BCUT2D eigenvalue weighted by Gasteiger charge is -2.15. The van der Waals surface area contributed by atoms with Gasteiger partial charge < -0.3 is 0 Å². The molecule has 9 heteroatoms. The molecule has 0 aromatic heterocycles. The van der Waals surface area contributed by atoms with Crippen LogP contribution in [0.3, 0.4) is 0 Å². The summed E-state index contributed by atoms with van der Waals surface area (Å²) in [4.78, 5) is -0.699. The number of sulfone groups is 1. The van der Waals surface area contributed by atoms with Crippen molar-refractivity contribution in [1.29, 1.82) is 0 Å². The first-order valence-electron chi connectivity index (χ1n) is 4.36. The number of nitrogens with zero attached hydrogens (tertiary/aromatic N) is 1. The summed E-state index contributed by atoms with van der Waals surface area (Å²) in [6.45, 7) is 2.99. The molecule has 2 N–H and O–H groups in total. The molecule has 100 valence electrons. The molecule has 0 saturated heterocycles. The van der Waals surface area contributed by atoms with E-state index in [0.717, 1.165) is 0 Å². The number of anilines is 1. The Bertz CT molecular complexity index is 566. The minimum atomic E-state index is -4.73. The Morgan fingerprint density at radius 2 is 1.83 bits per heavy atom. The third kappa shape index (κ3) is 2.81. The maximum absolute atomic E-state index is 12.4. The van der Waals surface area contributed by atoms with Crippen LogP contribution in [-0.2, 0) is 16.0 Å². The summed E-state index contributed by atoms with van der Waals surface area (Å²) in [6.07, 6.45) is -4.73. The van der Waals surface area contributed by atoms with Crippen LogP contribution in [0.25, 0.3) is 0 Å². The third-order valence-corrected chi connectivity index (χ3v) is 3.42. The van der Waals surface area contributed by atoms with Crippen LogP contribution in [0.4, 0.5) is 18.9 Å². The van der Waals surface area contributed by atoms with Gasteiger partial charge in [0.15, 0.2) is 0 Å². The highest BCUT2D eigenvalue weighted by molar-refractivity contribution is 7.94. The Morgan fingerprint density at radius 1 is 1.28 bits per heavy atom. The van der Waals surface area contributed by atoms with E-state index in [0.29, 0.717) is 23.6 Å². The van der Waals surface area contributed by atoms with Gasteiger partial charge in [-0.25, -0.2) is 8.42 Å². The van der Waals surface area contributed by atoms with Crippen molar-refractivity contribution in [2.75, 3.05) is 5.23 Å². The van der Waals surface area contributed by atoms with Crippen molar-refractivity contribution in [3.8, 4) is 0 Å². The molecule has 0 unspecified atom stereocenters. The normalized spacial score (nSPS) is 12.3. The number of hydrogen-bond acceptors (Lipinski definition) is 5. The van der Waals surface area contributed by atoms with Gasteiger partial charge in [0.1, 0.15) is 5.69 Å². The molecule has 0 aliphatic carbocycles. The van der Waals surface area contributed by atoms with Crippen LogP contribution in [0.15, 0.2) is 35.1 Å². The largest absolute Gasteiger partial charge is 0.416 e. The van der Waals surface area contributed by atoms with Gasteiger partial charge in [-0.15, -0.1) is 5.23 Å². The van der Waals surface area contributed by atoms with Gasteiger partial charge in [0.25, 0.3) is 0 Å². The Hall–Kier alpha value is -1.58. The van der Waals surface area contributed by atoms with Crippen LogP contribution in [0.1, 0.15) is 5.56 Å². The highest BCUT2D eigenvalue weighted by Crippen LogP contribution is 2.34. The average Bonchev–Trinajstić information content (AvgIpc) is 2.27. The highest BCUT2D eigenvalue weighted by atomic mass is 32.2. The molecule has 0 fully saturated rings. The summed E-state index contributed by atoms with van der Waals surface area (Å²) in [5, 5.41) is 17.4. The molecule has 18 heavy (non-hydrogen) atoms. The SMILES string of the molecule is C=CS(=O)(=O)c1ccc(C(F)(F)F)cc1N(O)O. The van der Waals surface area contributed by atoms with Gasteiger partial charge in [-0.2, -0.15) is 13.2 Å². The molecule has 0 aliphatic heterocycles. The predicted molar refractivity (Wildman–Crippen MR) is 54.9 cm³/mol. The minimum absolute atomic E-state index is 0.302. The molecular formula is C9H8F3NO4S.